The molecule has 7 heteroatoms. The third-order valence-corrected chi connectivity index (χ3v) is 6.26. The van der Waals surface area contributed by atoms with Gasteiger partial charge in [-0.05, 0) is 30.9 Å². The van der Waals surface area contributed by atoms with Gasteiger partial charge >= 0.3 is 5.97 Å². The van der Waals surface area contributed by atoms with Crippen LogP contribution in [0.2, 0.25) is 0 Å². The zero-order valence-corrected chi connectivity index (χ0v) is 13.8. The zero-order chi connectivity index (χ0) is 16.7. The van der Waals surface area contributed by atoms with Gasteiger partial charge in [-0.2, -0.15) is 0 Å². The Morgan fingerprint density at radius 1 is 1.33 bits per heavy atom. The van der Waals surface area contributed by atoms with E-state index in [1.165, 1.54) is 11.3 Å². The zero-order valence-electron chi connectivity index (χ0n) is 13.0. The number of thiazole rings is 1. The van der Waals surface area contributed by atoms with Crippen molar-refractivity contribution in [2.45, 2.75) is 19.3 Å². The summed E-state index contributed by atoms with van der Waals surface area (Å²) in [6.45, 7) is 0.849. The molecule has 0 spiro atoms. The summed E-state index contributed by atoms with van der Waals surface area (Å²) in [5.74, 6) is -0.795. The van der Waals surface area contributed by atoms with E-state index in [0.717, 1.165) is 23.4 Å². The molecule has 1 aliphatic heterocycles. The topological polar surface area (TPSA) is 83.4 Å². The third kappa shape index (κ3) is 2.31. The lowest BCUT2D eigenvalue weighted by Crippen LogP contribution is -2.37. The lowest BCUT2D eigenvalue weighted by atomic mass is 9.81. The van der Waals surface area contributed by atoms with E-state index < -0.39 is 11.4 Å². The highest BCUT2D eigenvalue weighted by Gasteiger charge is 2.55. The van der Waals surface area contributed by atoms with Gasteiger partial charge in [0.2, 0.25) is 0 Å². The lowest BCUT2D eigenvalue weighted by Gasteiger charge is -2.23. The summed E-state index contributed by atoms with van der Waals surface area (Å²) >= 11 is 1.34. The van der Waals surface area contributed by atoms with Crippen LogP contribution >= 0.6 is 11.3 Å². The van der Waals surface area contributed by atoms with Gasteiger partial charge in [-0.1, -0.05) is 6.42 Å². The Kier molecular flexibility index (Phi) is 3.60. The molecule has 2 aliphatic rings. The molecule has 1 N–H and O–H groups in total. The van der Waals surface area contributed by atoms with Gasteiger partial charge < -0.3 is 10.0 Å². The predicted molar refractivity (Wildman–Crippen MR) is 88.7 cm³/mol. The number of pyridine rings is 1. The van der Waals surface area contributed by atoms with E-state index in [1.54, 1.807) is 23.5 Å². The summed E-state index contributed by atoms with van der Waals surface area (Å²) in [6, 6.07) is 3.71. The van der Waals surface area contributed by atoms with E-state index in [4.69, 9.17) is 0 Å². The van der Waals surface area contributed by atoms with Crippen LogP contribution in [0, 0.1) is 11.3 Å². The first-order valence-corrected chi connectivity index (χ1v) is 8.81. The molecule has 2 aromatic rings. The molecule has 6 nitrogen and oxygen atoms in total. The standard InChI is InChI=1S/C17H17N3O3S/c21-15(13-8-19-14(24-13)11-3-6-18-7-4-11)20-9-12-2-1-5-17(12,10-20)16(22)23/h3-4,6-8,12H,1-2,5,9-10H2,(H,22,23)/t12-,17+/m0/s1. The Morgan fingerprint density at radius 3 is 2.83 bits per heavy atom. The fourth-order valence-electron chi connectivity index (χ4n) is 3.95. The summed E-state index contributed by atoms with van der Waals surface area (Å²) < 4.78 is 0. The highest BCUT2D eigenvalue weighted by atomic mass is 32.1. The van der Waals surface area contributed by atoms with Crippen molar-refractivity contribution in [1.82, 2.24) is 14.9 Å². The van der Waals surface area contributed by atoms with Crippen molar-refractivity contribution in [3.05, 3.63) is 35.6 Å². The number of likely N-dealkylation sites (tertiary alicyclic amines) is 1. The molecule has 0 unspecified atom stereocenters. The van der Waals surface area contributed by atoms with Gasteiger partial charge in [0, 0.05) is 31.0 Å². The predicted octanol–water partition coefficient (Wildman–Crippen LogP) is 2.53. The second kappa shape index (κ2) is 5.66. The number of amides is 1. The van der Waals surface area contributed by atoms with Crippen LogP contribution in [0.3, 0.4) is 0 Å². The summed E-state index contributed by atoms with van der Waals surface area (Å²) in [5, 5.41) is 10.4. The van der Waals surface area contributed by atoms with E-state index in [1.807, 2.05) is 12.1 Å². The molecule has 2 atom stereocenters. The average molecular weight is 343 g/mol. The van der Waals surface area contributed by atoms with Crippen molar-refractivity contribution in [1.29, 1.82) is 0 Å². The van der Waals surface area contributed by atoms with Crippen molar-refractivity contribution < 1.29 is 14.7 Å². The van der Waals surface area contributed by atoms with E-state index >= 15 is 0 Å². The molecule has 1 aliphatic carbocycles. The number of carbonyl (C=O) groups excluding carboxylic acids is 1. The van der Waals surface area contributed by atoms with Crippen molar-refractivity contribution >= 4 is 23.2 Å². The number of aromatic nitrogens is 2. The summed E-state index contributed by atoms with van der Waals surface area (Å²) in [4.78, 5) is 35.1. The maximum absolute atomic E-state index is 12.8. The molecule has 1 saturated heterocycles. The van der Waals surface area contributed by atoms with Crippen molar-refractivity contribution in [3.8, 4) is 10.6 Å². The first kappa shape index (κ1) is 15.3. The van der Waals surface area contributed by atoms with Gasteiger partial charge in [-0.15, -0.1) is 11.3 Å². The van der Waals surface area contributed by atoms with Gasteiger partial charge in [-0.25, -0.2) is 4.98 Å². The van der Waals surface area contributed by atoms with Crippen LogP contribution in [0.25, 0.3) is 10.6 Å². The number of aliphatic carboxylic acids is 1. The molecule has 2 fully saturated rings. The Hall–Kier alpha value is -2.28. The largest absolute Gasteiger partial charge is 0.481 e. The number of carbonyl (C=O) groups is 2. The Labute approximate surface area is 143 Å². The van der Waals surface area contributed by atoms with Crippen LogP contribution in [-0.2, 0) is 4.79 Å². The number of rotatable bonds is 3. The maximum Gasteiger partial charge on any atom is 0.311 e. The van der Waals surface area contributed by atoms with Gasteiger partial charge in [-0.3, -0.25) is 14.6 Å². The quantitative estimate of drug-likeness (QED) is 0.926. The molecule has 3 heterocycles. The number of nitrogens with zero attached hydrogens (tertiary/aromatic N) is 3. The Balaban J connectivity index is 1.55. The second-order valence-corrected chi connectivity index (χ2v) is 7.53. The fourth-order valence-corrected chi connectivity index (χ4v) is 4.84. The molecule has 0 aromatic carbocycles. The molecular weight excluding hydrogens is 326 g/mol. The van der Waals surface area contributed by atoms with Crippen LogP contribution in [0.4, 0.5) is 0 Å². The summed E-state index contributed by atoms with van der Waals surface area (Å²) in [6.07, 6.45) is 7.46. The summed E-state index contributed by atoms with van der Waals surface area (Å²) in [7, 11) is 0. The highest BCUT2D eigenvalue weighted by Crippen LogP contribution is 2.49. The van der Waals surface area contributed by atoms with Crippen LogP contribution < -0.4 is 0 Å². The lowest BCUT2D eigenvalue weighted by molar-refractivity contribution is -0.149. The molecule has 0 radical (unpaired) electrons. The van der Waals surface area contributed by atoms with E-state index in [-0.39, 0.29) is 11.8 Å². The minimum absolute atomic E-state index is 0.0755. The van der Waals surface area contributed by atoms with Crippen molar-refractivity contribution in [2.75, 3.05) is 13.1 Å². The molecule has 2 aromatic heterocycles. The summed E-state index contributed by atoms with van der Waals surface area (Å²) in [5.41, 5.74) is 0.184. The molecule has 24 heavy (non-hydrogen) atoms. The van der Waals surface area contributed by atoms with Crippen LogP contribution in [0.5, 0.6) is 0 Å². The molecule has 1 saturated carbocycles. The molecule has 0 bridgehead atoms. The SMILES string of the molecule is O=C(c1cnc(-c2ccncc2)s1)N1C[C@@H]2CCC[C@@]2(C(=O)O)C1. The smallest absolute Gasteiger partial charge is 0.311 e. The number of carboxylic acid groups (broad SMARTS) is 1. The maximum atomic E-state index is 12.8. The Bertz CT molecular complexity index is 791. The minimum atomic E-state index is -0.762. The Morgan fingerprint density at radius 2 is 2.12 bits per heavy atom. The first-order chi connectivity index (χ1) is 11.6. The van der Waals surface area contributed by atoms with E-state index in [2.05, 4.69) is 9.97 Å². The van der Waals surface area contributed by atoms with Gasteiger partial charge in [0.1, 0.15) is 9.88 Å². The van der Waals surface area contributed by atoms with Crippen molar-refractivity contribution in [3.63, 3.8) is 0 Å². The highest BCUT2D eigenvalue weighted by molar-refractivity contribution is 7.16. The second-order valence-electron chi connectivity index (χ2n) is 6.50. The van der Waals surface area contributed by atoms with Crippen LogP contribution in [-0.4, -0.2) is 44.9 Å². The van der Waals surface area contributed by atoms with Gasteiger partial charge in [0.15, 0.2) is 0 Å². The molecule has 4 rings (SSSR count). The molecular formula is C17H17N3O3S. The fraction of sp³-hybridized carbons (Fsp3) is 0.412. The van der Waals surface area contributed by atoms with Gasteiger partial charge in [0.25, 0.3) is 5.91 Å². The van der Waals surface area contributed by atoms with Gasteiger partial charge in [0.05, 0.1) is 11.6 Å². The number of carboxylic acids is 1. The minimum Gasteiger partial charge on any atom is -0.481 e. The molecule has 124 valence electrons. The van der Waals surface area contributed by atoms with E-state index in [9.17, 15) is 14.7 Å². The normalized spacial score (nSPS) is 25.7. The van der Waals surface area contributed by atoms with Crippen molar-refractivity contribution in [2.24, 2.45) is 11.3 Å². The monoisotopic (exact) mass is 343 g/mol. The van der Waals surface area contributed by atoms with Crippen LogP contribution in [0.1, 0.15) is 28.9 Å². The number of hydrogen-bond acceptors (Lipinski definition) is 5. The number of fused-ring (bicyclic) bond motifs is 1. The molecule has 1 amide bonds. The number of hydrogen-bond donors (Lipinski definition) is 1. The average Bonchev–Trinajstić information content (AvgIpc) is 3.29. The third-order valence-electron chi connectivity index (χ3n) is 5.23. The van der Waals surface area contributed by atoms with E-state index in [0.29, 0.717) is 24.4 Å². The first-order valence-electron chi connectivity index (χ1n) is 7.99. The van der Waals surface area contributed by atoms with Crippen LogP contribution in [0.15, 0.2) is 30.7 Å².